The van der Waals surface area contributed by atoms with Crippen molar-refractivity contribution in [1.29, 1.82) is 0 Å². The molecule has 0 unspecified atom stereocenters. The van der Waals surface area contributed by atoms with Gasteiger partial charge in [-0.25, -0.2) is 9.97 Å². The average molecular weight is 310 g/mol. The van der Waals surface area contributed by atoms with Crippen LogP contribution in [0.15, 0.2) is 6.33 Å². The highest BCUT2D eigenvalue weighted by atomic mass is 35.5. The van der Waals surface area contributed by atoms with Crippen LogP contribution in [0.4, 0.5) is 5.69 Å². The molecule has 1 aliphatic rings. The molecule has 0 atom stereocenters. The summed E-state index contributed by atoms with van der Waals surface area (Å²) in [5.74, 6) is 0. The molecule has 5 heteroatoms. The predicted octanol–water partition coefficient (Wildman–Crippen LogP) is 4.63. The Hall–Kier alpha value is -0.870. The molecule has 3 heterocycles. The van der Waals surface area contributed by atoms with E-state index in [1.165, 1.54) is 29.8 Å². The standard InChI is InChI=1S/C15H20ClN3S/c1-15(2,3)12-11(19-7-5-4-6-8-19)10-13(16)17-9-18-14(10)20-12/h9H,4-8H2,1-3H3. The number of aromatic nitrogens is 2. The fraction of sp³-hybridized carbons (Fsp3) is 0.600. The average Bonchev–Trinajstić information content (AvgIpc) is 2.80. The lowest BCUT2D eigenvalue weighted by Crippen LogP contribution is -2.31. The maximum Gasteiger partial charge on any atom is 0.143 e. The summed E-state index contributed by atoms with van der Waals surface area (Å²) in [6, 6.07) is 0. The van der Waals surface area contributed by atoms with E-state index < -0.39 is 0 Å². The summed E-state index contributed by atoms with van der Waals surface area (Å²) >= 11 is 8.14. The van der Waals surface area contributed by atoms with Gasteiger partial charge in [0.05, 0.1) is 11.1 Å². The highest BCUT2D eigenvalue weighted by Crippen LogP contribution is 2.46. The van der Waals surface area contributed by atoms with Crippen LogP contribution >= 0.6 is 22.9 Å². The third kappa shape index (κ3) is 2.40. The normalized spacial score (nSPS) is 16.9. The van der Waals surface area contributed by atoms with E-state index in [2.05, 4.69) is 35.6 Å². The molecule has 0 bridgehead atoms. The number of fused-ring (bicyclic) bond motifs is 1. The molecular weight excluding hydrogens is 290 g/mol. The molecule has 3 rings (SSSR count). The van der Waals surface area contributed by atoms with E-state index in [4.69, 9.17) is 11.6 Å². The fourth-order valence-electron chi connectivity index (χ4n) is 2.81. The number of halogens is 1. The van der Waals surface area contributed by atoms with Crippen LogP contribution in [-0.4, -0.2) is 23.1 Å². The molecule has 1 saturated heterocycles. The van der Waals surface area contributed by atoms with E-state index in [0.29, 0.717) is 5.15 Å². The van der Waals surface area contributed by atoms with E-state index in [1.807, 2.05) is 0 Å². The van der Waals surface area contributed by atoms with Crippen molar-refractivity contribution in [2.24, 2.45) is 0 Å². The van der Waals surface area contributed by atoms with Gasteiger partial charge in [-0.05, 0) is 24.7 Å². The minimum atomic E-state index is 0.0987. The van der Waals surface area contributed by atoms with Crippen molar-refractivity contribution < 1.29 is 0 Å². The van der Waals surface area contributed by atoms with Crippen LogP contribution in [-0.2, 0) is 5.41 Å². The Kier molecular flexibility index (Phi) is 3.63. The highest BCUT2D eigenvalue weighted by Gasteiger charge is 2.29. The molecule has 20 heavy (non-hydrogen) atoms. The molecule has 108 valence electrons. The van der Waals surface area contributed by atoms with Crippen LogP contribution in [0.5, 0.6) is 0 Å². The molecule has 3 nitrogen and oxygen atoms in total. The molecule has 0 N–H and O–H groups in total. The summed E-state index contributed by atoms with van der Waals surface area (Å²) in [5.41, 5.74) is 1.38. The van der Waals surface area contributed by atoms with Gasteiger partial charge in [-0.1, -0.05) is 32.4 Å². The Balaban J connectivity index is 2.24. The lowest BCUT2D eigenvalue weighted by Gasteiger charge is -2.32. The van der Waals surface area contributed by atoms with Crippen LogP contribution in [0, 0.1) is 0 Å². The van der Waals surface area contributed by atoms with Crippen molar-refractivity contribution >= 4 is 38.8 Å². The Morgan fingerprint density at radius 3 is 2.50 bits per heavy atom. The number of rotatable bonds is 1. The summed E-state index contributed by atoms with van der Waals surface area (Å²) in [6.45, 7) is 8.99. The number of anilines is 1. The van der Waals surface area contributed by atoms with Crippen LogP contribution in [0.25, 0.3) is 10.2 Å². The first-order valence-electron chi connectivity index (χ1n) is 7.17. The van der Waals surface area contributed by atoms with Crippen molar-refractivity contribution in [1.82, 2.24) is 9.97 Å². The van der Waals surface area contributed by atoms with Crippen molar-refractivity contribution in [3.63, 3.8) is 0 Å². The zero-order valence-corrected chi connectivity index (χ0v) is 13.8. The molecule has 0 aromatic carbocycles. The maximum absolute atomic E-state index is 6.37. The topological polar surface area (TPSA) is 29.0 Å². The first-order valence-corrected chi connectivity index (χ1v) is 8.36. The van der Waals surface area contributed by atoms with E-state index in [-0.39, 0.29) is 5.41 Å². The van der Waals surface area contributed by atoms with Crippen LogP contribution < -0.4 is 4.90 Å². The molecule has 1 aliphatic heterocycles. The molecule has 0 aliphatic carbocycles. The minimum absolute atomic E-state index is 0.0987. The van der Waals surface area contributed by atoms with Crippen molar-refractivity contribution in [3.8, 4) is 0 Å². The van der Waals surface area contributed by atoms with Gasteiger partial charge in [0.25, 0.3) is 0 Å². The Morgan fingerprint density at radius 1 is 1.15 bits per heavy atom. The molecule has 0 amide bonds. The quantitative estimate of drug-likeness (QED) is 0.719. The molecule has 0 radical (unpaired) electrons. The van der Waals surface area contributed by atoms with Gasteiger partial charge in [0.2, 0.25) is 0 Å². The first kappa shape index (κ1) is 14.1. The molecule has 2 aromatic rings. The molecular formula is C15H20ClN3S. The van der Waals surface area contributed by atoms with E-state index in [0.717, 1.165) is 23.3 Å². The van der Waals surface area contributed by atoms with E-state index in [9.17, 15) is 0 Å². The van der Waals surface area contributed by atoms with Crippen LogP contribution in [0.1, 0.15) is 44.9 Å². The third-order valence-electron chi connectivity index (χ3n) is 3.77. The number of thiophene rings is 1. The lowest BCUT2D eigenvalue weighted by molar-refractivity contribution is 0.564. The smallest absolute Gasteiger partial charge is 0.143 e. The van der Waals surface area contributed by atoms with Gasteiger partial charge in [0.1, 0.15) is 16.3 Å². The van der Waals surface area contributed by atoms with Crippen molar-refractivity contribution in [2.75, 3.05) is 18.0 Å². The van der Waals surface area contributed by atoms with Crippen LogP contribution in [0.2, 0.25) is 5.15 Å². The van der Waals surface area contributed by atoms with E-state index >= 15 is 0 Å². The SMILES string of the molecule is CC(C)(C)c1sc2ncnc(Cl)c2c1N1CCCCC1. The molecule has 0 spiro atoms. The summed E-state index contributed by atoms with van der Waals surface area (Å²) in [4.78, 5) is 13.5. The van der Waals surface area contributed by atoms with Crippen molar-refractivity contribution in [2.45, 2.75) is 45.4 Å². The van der Waals surface area contributed by atoms with Gasteiger partial charge in [0.15, 0.2) is 0 Å². The van der Waals surface area contributed by atoms with Gasteiger partial charge < -0.3 is 4.90 Å². The Bertz CT molecular complexity index is 624. The third-order valence-corrected chi connectivity index (χ3v) is 5.57. The molecule has 1 fully saturated rings. The zero-order valence-electron chi connectivity index (χ0n) is 12.2. The summed E-state index contributed by atoms with van der Waals surface area (Å²) in [7, 11) is 0. The van der Waals surface area contributed by atoms with E-state index in [1.54, 1.807) is 17.7 Å². The van der Waals surface area contributed by atoms with Gasteiger partial charge in [-0.15, -0.1) is 11.3 Å². The van der Waals surface area contributed by atoms with Gasteiger partial charge in [0, 0.05) is 18.0 Å². The fourth-order valence-corrected chi connectivity index (χ4v) is 4.31. The molecule has 0 saturated carbocycles. The number of nitrogens with zero attached hydrogens (tertiary/aromatic N) is 3. The monoisotopic (exact) mass is 309 g/mol. The Labute approximate surface area is 129 Å². The summed E-state index contributed by atoms with van der Waals surface area (Å²) in [5, 5.41) is 1.63. The molecule has 2 aromatic heterocycles. The van der Waals surface area contributed by atoms with Crippen LogP contribution in [0.3, 0.4) is 0 Å². The minimum Gasteiger partial charge on any atom is -0.370 e. The number of hydrogen-bond donors (Lipinski definition) is 0. The predicted molar refractivity (Wildman–Crippen MR) is 87.2 cm³/mol. The first-order chi connectivity index (χ1) is 9.48. The van der Waals surface area contributed by atoms with Gasteiger partial charge >= 0.3 is 0 Å². The van der Waals surface area contributed by atoms with Gasteiger partial charge in [-0.3, -0.25) is 0 Å². The number of piperidine rings is 1. The maximum atomic E-state index is 6.37. The second-order valence-electron chi connectivity index (χ2n) is 6.42. The van der Waals surface area contributed by atoms with Crippen molar-refractivity contribution in [3.05, 3.63) is 16.4 Å². The second-order valence-corrected chi connectivity index (χ2v) is 7.78. The largest absolute Gasteiger partial charge is 0.370 e. The van der Waals surface area contributed by atoms with Gasteiger partial charge in [-0.2, -0.15) is 0 Å². The zero-order chi connectivity index (χ0) is 14.3. The summed E-state index contributed by atoms with van der Waals surface area (Å²) in [6.07, 6.45) is 5.40. The Morgan fingerprint density at radius 2 is 1.85 bits per heavy atom. The second kappa shape index (κ2) is 5.15. The number of hydrogen-bond acceptors (Lipinski definition) is 4. The lowest BCUT2D eigenvalue weighted by atomic mass is 9.92. The highest BCUT2D eigenvalue weighted by molar-refractivity contribution is 7.19. The summed E-state index contributed by atoms with van der Waals surface area (Å²) < 4.78 is 0.